The van der Waals surface area contributed by atoms with E-state index in [9.17, 15) is 19.7 Å². The molecule has 196 valence electrons. The Balaban J connectivity index is 2.14. The second-order valence-corrected chi connectivity index (χ2v) is 9.73. The number of nitro benzene ring substituents is 1. The minimum Gasteiger partial charge on any atom is -0.497 e. The molecule has 10 nitrogen and oxygen atoms in total. The largest absolute Gasteiger partial charge is 0.497 e. The number of rotatable bonds is 7. The molecule has 11 heteroatoms. The molecule has 0 saturated carbocycles. The van der Waals surface area contributed by atoms with Gasteiger partial charge in [-0.15, -0.1) is 0 Å². The van der Waals surface area contributed by atoms with Gasteiger partial charge < -0.3 is 14.4 Å². The third kappa shape index (κ3) is 6.48. The van der Waals surface area contributed by atoms with Gasteiger partial charge in [0.2, 0.25) is 0 Å². The van der Waals surface area contributed by atoms with E-state index in [-0.39, 0.29) is 11.3 Å². The van der Waals surface area contributed by atoms with E-state index in [0.29, 0.717) is 22.2 Å². The standard InChI is InChI=1S/C26H30N4O6S/c1-16(2)36-24(31)22-17(3)27-25(37-15-18-10-12-21(35-6)13-11-18)29(26(32)28(4)5)23(22)19-8-7-9-20(14-19)30(33)34/h7-14,16,23H,15H2,1-6H3. The lowest BCUT2D eigenvalue weighted by molar-refractivity contribution is -0.384. The number of esters is 1. The van der Waals surface area contributed by atoms with Crippen LogP contribution in [-0.4, -0.2) is 59.2 Å². The number of nitrogens with zero attached hydrogens (tertiary/aromatic N) is 4. The average molecular weight is 527 g/mol. The summed E-state index contributed by atoms with van der Waals surface area (Å²) in [5.74, 6) is 0.579. The average Bonchev–Trinajstić information content (AvgIpc) is 2.86. The molecule has 1 heterocycles. The molecule has 37 heavy (non-hydrogen) atoms. The monoisotopic (exact) mass is 526 g/mol. The first-order chi connectivity index (χ1) is 17.5. The van der Waals surface area contributed by atoms with Crippen LogP contribution in [0.5, 0.6) is 5.75 Å². The molecule has 0 N–H and O–H groups in total. The number of nitro groups is 1. The summed E-state index contributed by atoms with van der Waals surface area (Å²) in [6.45, 7) is 5.12. The van der Waals surface area contributed by atoms with Crippen molar-refractivity contribution in [3.63, 3.8) is 0 Å². The molecule has 1 aliphatic rings. The second kappa shape index (κ2) is 11.9. The van der Waals surface area contributed by atoms with E-state index >= 15 is 0 Å². The molecule has 0 aliphatic carbocycles. The number of allylic oxidation sites excluding steroid dienone is 1. The third-order valence-corrected chi connectivity index (χ3v) is 6.49. The number of amidine groups is 1. The van der Waals surface area contributed by atoms with Crippen molar-refractivity contribution in [3.05, 3.63) is 81.0 Å². The summed E-state index contributed by atoms with van der Waals surface area (Å²) in [4.78, 5) is 45.2. The molecule has 2 aromatic carbocycles. The number of hydrogen-bond donors (Lipinski definition) is 0. The number of carbonyl (C=O) groups excluding carboxylic acids is 2. The van der Waals surface area contributed by atoms with Crippen LogP contribution < -0.4 is 4.74 Å². The summed E-state index contributed by atoms with van der Waals surface area (Å²) in [7, 11) is 4.78. The minimum atomic E-state index is -0.975. The summed E-state index contributed by atoms with van der Waals surface area (Å²) in [5.41, 5.74) is 1.75. The van der Waals surface area contributed by atoms with E-state index in [1.807, 2.05) is 24.3 Å². The van der Waals surface area contributed by atoms with Crippen LogP contribution in [0.1, 0.15) is 37.9 Å². The highest BCUT2D eigenvalue weighted by Crippen LogP contribution is 2.40. The van der Waals surface area contributed by atoms with E-state index in [0.717, 1.165) is 11.3 Å². The van der Waals surface area contributed by atoms with Crippen LogP contribution in [0.4, 0.5) is 10.5 Å². The predicted octanol–water partition coefficient (Wildman–Crippen LogP) is 5.16. The lowest BCUT2D eigenvalue weighted by Gasteiger charge is -2.38. The summed E-state index contributed by atoms with van der Waals surface area (Å²) in [6, 6.07) is 12.0. The summed E-state index contributed by atoms with van der Waals surface area (Å²) < 4.78 is 10.7. The normalized spacial score (nSPS) is 15.4. The zero-order valence-corrected chi connectivity index (χ0v) is 22.4. The van der Waals surface area contributed by atoms with Crippen molar-refractivity contribution in [1.29, 1.82) is 0 Å². The SMILES string of the molecule is COc1ccc(CSC2=NC(C)=C(C(=O)OC(C)C)C(c3cccc([N+](=O)[O-])c3)N2C(=O)N(C)C)cc1. The number of carbonyl (C=O) groups is 2. The maximum absolute atomic E-state index is 13.5. The van der Waals surface area contributed by atoms with Crippen LogP contribution in [0.15, 0.2) is 64.8 Å². The highest BCUT2D eigenvalue weighted by molar-refractivity contribution is 8.13. The van der Waals surface area contributed by atoms with Crippen LogP contribution in [0.2, 0.25) is 0 Å². The smallest absolute Gasteiger partial charge is 0.338 e. The molecule has 2 amide bonds. The highest BCUT2D eigenvalue weighted by Gasteiger charge is 2.41. The minimum absolute atomic E-state index is 0.151. The maximum Gasteiger partial charge on any atom is 0.338 e. The van der Waals surface area contributed by atoms with Gasteiger partial charge in [0, 0.05) is 32.0 Å². The lowest BCUT2D eigenvalue weighted by atomic mass is 9.94. The van der Waals surface area contributed by atoms with E-state index in [1.165, 1.54) is 39.8 Å². The Morgan fingerprint density at radius 1 is 1.19 bits per heavy atom. The first-order valence-corrected chi connectivity index (χ1v) is 12.5. The predicted molar refractivity (Wildman–Crippen MR) is 142 cm³/mol. The number of non-ortho nitro benzene ring substituents is 1. The van der Waals surface area contributed by atoms with Crippen molar-refractivity contribution in [2.24, 2.45) is 4.99 Å². The molecule has 1 unspecified atom stereocenters. The van der Waals surface area contributed by atoms with Gasteiger partial charge in [-0.25, -0.2) is 14.6 Å². The molecule has 3 rings (SSSR count). The zero-order chi connectivity index (χ0) is 27.3. The number of methoxy groups -OCH3 is 1. The number of hydrogen-bond acceptors (Lipinski definition) is 8. The molecule has 1 atom stereocenters. The fourth-order valence-electron chi connectivity index (χ4n) is 3.74. The van der Waals surface area contributed by atoms with Crippen LogP contribution in [0.25, 0.3) is 0 Å². The van der Waals surface area contributed by atoms with E-state index < -0.39 is 29.1 Å². The van der Waals surface area contributed by atoms with Crippen molar-refractivity contribution >= 4 is 34.6 Å². The van der Waals surface area contributed by atoms with Crippen LogP contribution in [-0.2, 0) is 15.3 Å². The van der Waals surface area contributed by atoms with Crippen LogP contribution in [0.3, 0.4) is 0 Å². The van der Waals surface area contributed by atoms with Crippen molar-refractivity contribution in [2.75, 3.05) is 21.2 Å². The molecular formula is C26H30N4O6S. The Kier molecular flexibility index (Phi) is 8.93. The molecule has 0 spiro atoms. The molecule has 0 fully saturated rings. The molecule has 0 bridgehead atoms. The number of amides is 2. The fraction of sp³-hybridized carbons (Fsp3) is 0.346. The van der Waals surface area contributed by atoms with Gasteiger partial charge in [0.05, 0.1) is 29.4 Å². The van der Waals surface area contributed by atoms with Crippen molar-refractivity contribution in [2.45, 2.75) is 38.7 Å². The van der Waals surface area contributed by atoms with Gasteiger partial charge in [0.15, 0.2) is 5.17 Å². The molecule has 2 aromatic rings. The Labute approximate surface area is 220 Å². The molecule has 0 aromatic heterocycles. The first kappa shape index (κ1) is 27.7. The summed E-state index contributed by atoms with van der Waals surface area (Å²) >= 11 is 1.33. The number of benzene rings is 2. The summed E-state index contributed by atoms with van der Waals surface area (Å²) in [6.07, 6.45) is -0.411. The molecule has 0 radical (unpaired) electrons. The molecular weight excluding hydrogens is 496 g/mol. The number of ether oxygens (including phenoxy) is 2. The zero-order valence-electron chi connectivity index (χ0n) is 21.6. The lowest BCUT2D eigenvalue weighted by Crippen LogP contribution is -2.47. The number of thioether (sulfide) groups is 1. The van der Waals surface area contributed by atoms with Crippen LogP contribution in [0, 0.1) is 10.1 Å². The highest BCUT2D eigenvalue weighted by atomic mass is 32.2. The van der Waals surface area contributed by atoms with Gasteiger partial charge in [0.1, 0.15) is 11.8 Å². The Morgan fingerprint density at radius 2 is 1.86 bits per heavy atom. The molecule has 1 aliphatic heterocycles. The first-order valence-electron chi connectivity index (χ1n) is 11.5. The van der Waals surface area contributed by atoms with E-state index in [2.05, 4.69) is 4.99 Å². The van der Waals surface area contributed by atoms with Gasteiger partial charge >= 0.3 is 12.0 Å². The third-order valence-electron chi connectivity index (χ3n) is 5.47. The van der Waals surface area contributed by atoms with Gasteiger partial charge in [-0.1, -0.05) is 36.0 Å². The topological polar surface area (TPSA) is 115 Å². The Bertz CT molecular complexity index is 1240. The number of urea groups is 1. The quantitative estimate of drug-likeness (QED) is 0.278. The second-order valence-electron chi connectivity index (χ2n) is 8.79. The maximum atomic E-state index is 13.5. The van der Waals surface area contributed by atoms with Crippen molar-refractivity contribution in [1.82, 2.24) is 9.80 Å². The van der Waals surface area contributed by atoms with Crippen molar-refractivity contribution in [3.8, 4) is 5.75 Å². The Morgan fingerprint density at radius 3 is 2.43 bits per heavy atom. The fourth-order valence-corrected chi connectivity index (χ4v) is 4.75. The number of aliphatic imine (C=N–C) groups is 1. The van der Waals surface area contributed by atoms with Crippen LogP contribution >= 0.6 is 11.8 Å². The van der Waals surface area contributed by atoms with E-state index in [4.69, 9.17) is 9.47 Å². The van der Waals surface area contributed by atoms with Crippen molar-refractivity contribution < 1.29 is 24.0 Å². The molecule has 0 saturated heterocycles. The Hall–Kier alpha value is -3.86. The van der Waals surface area contributed by atoms with Gasteiger partial charge in [0.25, 0.3) is 5.69 Å². The van der Waals surface area contributed by atoms with Gasteiger partial charge in [-0.2, -0.15) is 0 Å². The van der Waals surface area contributed by atoms with E-state index in [1.54, 1.807) is 48.0 Å². The summed E-state index contributed by atoms with van der Waals surface area (Å²) in [5, 5.41) is 11.9. The van der Waals surface area contributed by atoms with Gasteiger partial charge in [-0.05, 0) is 44.0 Å². The van der Waals surface area contributed by atoms with Gasteiger partial charge in [-0.3, -0.25) is 15.0 Å².